The van der Waals surface area contributed by atoms with Crippen LogP contribution in [-0.2, 0) is 13.1 Å². The molecule has 0 spiro atoms. The largest absolute Gasteiger partial charge is 0.360 e. The van der Waals surface area contributed by atoms with Crippen LogP contribution in [0.2, 0.25) is 0 Å². The van der Waals surface area contributed by atoms with Gasteiger partial charge >= 0.3 is 0 Å². The summed E-state index contributed by atoms with van der Waals surface area (Å²) in [5.41, 5.74) is 4.08. The molecule has 0 saturated heterocycles. The lowest BCUT2D eigenvalue weighted by Crippen LogP contribution is -2.02. The Morgan fingerprint density at radius 2 is 2.24 bits per heavy atom. The van der Waals surface area contributed by atoms with Crippen LogP contribution in [0.1, 0.15) is 11.8 Å². The Labute approximate surface area is 146 Å². The molecular formula is C16H14N8S. The van der Waals surface area contributed by atoms with Gasteiger partial charge in [0, 0.05) is 29.4 Å². The van der Waals surface area contributed by atoms with Gasteiger partial charge in [-0.1, -0.05) is 5.21 Å². The van der Waals surface area contributed by atoms with Crippen LogP contribution in [0.5, 0.6) is 0 Å². The first-order chi connectivity index (χ1) is 12.3. The first kappa shape index (κ1) is 14.3. The van der Waals surface area contributed by atoms with E-state index >= 15 is 0 Å². The minimum atomic E-state index is 0.550. The van der Waals surface area contributed by atoms with Gasteiger partial charge in [0.2, 0.25) is 5.65 Å². The highest BCUT2D eigenvalue weighted by molar-refractivity contribution is 7.19. The van der Waals surface area contributed by atoms with Crippen molar-refractivity contribution in [3.63, 3.8) is 0 Å². The van der Waals surface area contributed by atoms with Crippen molar-refractivity contribution in [2.75, 3.05) is 0 Å². The summed E-state index contributed by atoms with van der Waals surface area (Å²) in [6, 6.07) is 4.21. The first-order valence-corrected chi connectivity index (χ1v) is 8.76. The van der Waals surface area contributed by atoms with Gasteiger partial charge in [0.25, 0.3) is 0 Å². The maximum Gasteiger partial charge on any atom is 0.221 e. The molecule has 5 heterocycles. The summed E-state index contributed by atoms with van der Waals surface area (Å²) in [6.45, 7) is 3.49. The van der Waals surface area contributed by atoms with E-state index in [4.69, 9.17) is 4.98 Å². The zero-order valence-corrected chi connectivity index (χ0v) is 14.2. The Kier molecular flexibility index (Phi) is 3.14. The van der Waals surface area contributed by atoms with E-state index < -0.39 is 0 Å². The second kappa shape index (κ2) is 5.49. The molecule has 5 aromatic heterocycles. The van der Waals surface area contributed by atoms with Gasteiger partial charge in [0.1, 0.15) is 0 Å². The number of hydrogen-bond donors (Lipinski definition) is 1. The Bertz CT molecular complexity index is 1150. The predicted molar refractivity (Wildman–Crippen MR) is 95.3 cm³/mol. The molecule has 0 aromatic carbocycles. The van der Waals surface area contributed by atoms with Gasteiger partial charge in [-0.25, -0.2) is 14.6 Å². The van der Waals surface area contributed by atoms with Gasteiger partial charge < -0.3 is 4.98 Å². The summed E-state index contributed by atoms with van der Waals surface area (Å²) in [4.78, 5) is 13.5. The van der Waals surface area contributed by atoms with Crippen LogP contribution in [0.4, 0.5) is 0 Å². The van der Waals surface area contributed by atoms with E-state index in [0.29, 0.717) is 17.8 Å². The Morgan fingerprint density at radius 3 is 3.08 bits per heavy atom. The minimum Gasteiger partial charge on any atom is -0.360 e. The van der Waals surface area contributed by atoms with Crippen molar-refractivity contribution < 1.29 is 0 Å². The SMILES string of the molecule is CCn1cc(-c2cnc3nnn(Cc4cc5[nH]ccc5s4)c3n2)cn1. The summed E-state index contributed by atoms with van der Waals surface area (Å²) >= 11 is 1.74. The molecular weight excluding hydrogens is 336 g/mol. The molecule has 0 amide bonds. The molecule has 0 aliphatic carbocycles. The lowest BCUT2D eigenvalue weighted by molar-refractivity contribution is 0.660. The fourth-order valence-electron chi connectivity index (χ4n) is 2.80. The topological polar surface area (TPSA) is 90.1 Å². The van der Waals surface area contributed by atoms with E-state index in [1.165, 1.54) is 9.58 Å². The monoisotopic (exact) mass is 350 g/mol. The van der Waals surface area contributed by atoms with Crippen LogP contribution >= 0.6 is 11.3 Å². The molecule has 0 saturated carbocycles. The van der Waals surface area contributed by atoms with Gasteiger partial charge in [-0.3, -0.25) is 4.68 Å². The third kappa shape index (κ3) is 2.40. The number of hydrogen-bond acceptors (Lipinski definition) is 6. The van der Waals surface area contributed by atoms with E-state index in [0.717, 1.165) is 23.3 Å². The normalized spacial score (nSPS) is 11.7. The van der Waals surface area contributed by atoms with Crippen molar-refractivity contribution in [2.24, 2.45) is 0 Å². The van der Waals surface area contributed by atoms with Gasteiger partial charge in [0.15, 0.2) is 5.65 Å². The van der Waals surface area contributed by atoms with Gasteiger partial charge in [-0.15, -0.1) is 16.4 Å². The molecule has 124 valence electrons. The summed E-state index contributed by atoms with van der Waals surface area (Å²) in [6.07, 6.45) is 7.43. The van der Waals surface area contributed by atoms with E-state index in [1.54, 1.807) is 28.4 Å². The highest BCUT2D eigenvalue weighted by atomic mass is 32.1. The number of fused-ring (bicyclic) bond motifs is 2. The minimum absolute atomic E-state index is 0.550. The van der Waals surface area contributed by atoms with Gasteiger partial charge in [0.05, 0.1) is 34.8 Å². The number of aryl methyl sites for hydroxylation is 1. The average molecular weight is 350 g/mol. The molecule has 5 rings (SSSR count). The number of rotatable bonds is 4. The van der Waals surface area contributed by atoms with Crippen molar-refractivity contribution in [2.45, 2.75) is 20.0 Å². The lowest BCUT2D eigenvalue weighted by atomic mass is 10.3. The molecule has 8 nitrogen and oxygen atoms in total. The third-order valence-electron chi connectivity index (χ3n) is 4.07. The smallest absolute Gasteiger partial charge is 0.221 e. The summed E-state index contributed by atoms with van der Waals surface area (Å²) in [5.74, 6) is 0. The number of thiophene rings is 1. The van der Waals surface area contributed by atoms with Crippen LogP contribution in [0.15, 0.2) is 36.9 Å². The molecule has 0 fully saturated rings. The maximum absolute atomic E-state index is 4.71. The van der Waals surface area contributed by atoms with Crippen LogP contribution in [0.25, 0.3) is 32.8 Å². The van der Waals surface area contributed by atoms with E-state index in [-0.39, 0.29) is 0 Å². The molecule has 0 radical (unpaired) electrons. The summed E-state index contributed by atoms with van der Waals surface area (Å²) in [7, 11) is 0. The number of aromatic nitrogens is 8. The molecule has 0 unspecified atom stereocenters. The number of aromatic amines is 1. The van der Waals surface area contributed by atoms with Crippen molar-refractivity contribution in [3.8, 4) is 11.3 Å². The van der Waals surface area contributed by atoms with Crippen LogP contribution in [0, 0.1) is 0 Å². The van der Waals surface area contributed by atoms with E-state index in [1.807, 2.05) is 24.0 Å². The highest BCUT2D eigenvalue weighted by Crippen LogP contribution is 2.25. The van der Waals surface area contributed by atoms with Crippen molar-refractivity contribution >= 4 is 32.8 Å². The molecule has 0 aliphatic heterocycles. The van der Waals surface area contributed by atoms with Crippen molar-refractivity contribution in [1.29, 1.82) is 0 Å². The standard InChI is InChI=1S/C16H14N8S/c1-2-23-8-10(6-19-23)13-7-18-15-16(20-13)24(22-21-15)9-11-5-12-14(25-11)3-4-17-12/h3-8,17H,2,9H2,1H3. The zero-order chi connectivity index (χ0) is 16.8. The molecule has 0 atom stereocenters. The quantitative estimate of drug-likeness (QED) is 0.538. The van der Waals surface area contributed by atoms with Crippen molar-refractivity contribution in [3.05, 3.63) is 41.8 Å². The Morgan fingerprint density at radius 1 is 1.28 bits per heavy atom. The molecule has 9 heteroatoms. The van der Waals surface area contributed by atoms with Crippen molar-refractivity contribution in [1.82, 2.24) is 39.7 Å². The highest BCUT2D eigenvalue weighted by Gasteiger charge is 2.12. The molecule has 1 N–H and O–H groups in total. The van der Waals surface area contributed by atoms with Crippen LogP contribution in [-0.4, -0.2) is 39.7 Å². The molecule has 5 aromatic rings. The molecule has 25 heavy (non-hydrogen) atoms. The number of nitrogens with one attached hydrogen (secondary N) is 1. The summed E-state index contributed by atoms with van der Waals surface area (Å²) in [5, 5.41) is 12.6. The first-order valence-electron chi connectivity index (χ1n) is 7.95. The van der Waals surface area contributed by atoms with E-state index in [9.17, 15) is 0 Å². The second-order valence-corrected chi connectivity index (χ2v) is 6.87. The molecule has 0 bridgehead atoms. The van der Waals surface area contributed by atoms with Crippen LogP contribution < -0.4 is 0 Å². The third-order valence-corrected chi connectivity index (χ3v) is 5.16. The second-order valence-electron chi connectivity index (χ2n) is 5.70. The zero-order valence-electron chi connectivity index (χ0n) is 13.4. The number of H-pyrrole nitrogens is 1. The molecule has 0 aliphatic rings. The van der Waals surface area contributed by atoms with Gasteiger partial charge in [-0.2, -0.15) is 5.10 Å². The summed E-state index contributed by atoms with van der Waals surface area (Å²) < 4.78 is 4.89. The lowest BCUT2D eigenvalue weighted by Gasteiger charge is -2.00. The fraction of sp³-hybridized carbons (Fsp3) is 0.188. The average Bonchev–Trinajstić information content (AvgIpc) is 3.38. The van der Waals surface area contributed by atoms with Gasteiger partial charge in [-0.05, 0) is 19.1 Å². The van der Waals surface area contributed by atoms with E-state index in [2.05, 4.69) is 37.5 Å². The predicted octanol–water partition coefficient (Wildman–Crippen LogP) is 2.70. The fourth-order valence-corrected chi connectivity index (χ4v) is 3.81. The number of nitrogens with zero attached hydrogens (tertiary/aromatic N) is 7. The maximum atomic E-state index is 4.71. The Hall–Kier alpha value is -3.07. The Balaban J connectivity index is 1.54. The van der Waals surface area contributed by atoms with Crippen LogP contribution in [0.3, 0.4) is 0 Å².